The smallest absolute Gasteiger partial charge is 0.269 e. The van der Waals surface area contributed by atoms with Crippen molar-refractivity contribution in [2.45, 2.75) is 6.92 Å². The van der Waals surface area contributed by atoms with Crippen LogP contribution in [-0.2, 0) is 0 Å². The number of fused-ring (bicyclic) bond motifs is 2. The number of carbonyl (C=O) groups is 1. The average Bonchev–Trinajstić information content (AvgIpc) is 3.14. The van der Waals surface area contributed by atoms with Crippen molar-refractivity contribution in [1.29, 1.82) is 0 Å². The number of carbonyl (C=O) groups excluding carboxylic acids is 1. The van der Waals surface area contributed by atoms with Crippen molar-refractivity contribution in [2.75, 3.05) is 5.32 Å². The van der Waals surface area contributed by atoms with E-state index in [1.807, 2.05) is 43.3 Å². The van der Waals surface area contributed by atoms with Crippen LogP contribution in [0.4, 0.5) is 5.13 Å². The van der Waals surface area contributed by atoms with E-state index in [1.54, 1.807) is 0 Å². The summed E-state index contributed by atoms with van der Waals surface area (Å²) in [4.78, 5) is 17.6. The molecule has 2 heterocycles. The molecule has 0 atom stereocenters. The molecule has 1 amide bonds. The van der Waals surface area contributed by atoms with Gasteiger partial charge in [0.05, 0.1) is 20.3 Å². The summed E-state index contributed by atoms with van der Waals surface area (Å²) < 4.78 is 1.85. The lowest BCUT2D eigenvalue weighted by atomic mass is 10.2. The van der Waals surface area contributed by atoms with Gasteiger partial charge in [-0.3, -0.25) is 10.1 Å². The molecule has 120 valence electrons. The molecule has 0 bridgehead atoms. The van der Waals surface area contributed by atoms with Crippen LogP contribution in [0.3, 0.4) is 0 Å². The number of nitrogens with zero attached hydrogens (tertiary/aromatic N) is 1. The number of halogens is 2. The standard InChI is InChI=1S/C17H10Cl2N2OS2/c1-8-6-7-10(18)14-13(8)20-17(24-14)21-16(22)15-12(19)9-4-2-3-5-11(9)23-15/h2-7H,1H3,(H,20,21,22). The molecule has 0 aliphatic heterocycles. The molecule has 2 aromatic heterocycles. The Morgan fingerprint density at radius 2 is 1.92 bits per heavy atom. The van der Waals surface area contributed by atoms with Crippen molar-refractivity contribution in [2.24, 2.45) is 0 Å². The van der Waals surface area contributed by atoms with Crippen molar-refractivity contribution in [3.05, 3.63) is 56.9 Å². The van der Waals surface area contributed by atoms with Gasteiger partial charge in [0.2, 0.25) is 0 Å². The molecular formula is C17H10Cl2N2OS2. The van der Waals surface area contributed by atoms with Crippen LogP contribution >= 0.6 is 45.9 Å². The number of aromatic nitrogens is 1. The van der Waals surface area contributed by atoms with E-state index in [0.717, 1.165) is 25.9 Å². The zero-order chi connectivity index (χ0) is 16.8. The predicted molar refractivity (Wildman–Crippen MR) is 104 cm³/mol. The van der Waals surface area contributed by atoms with Gasteiger partial charge in [-0.15, -0.1) is 11.3 Å². The summed E-state index contributed by atoms with van der Waals surface area (Å²) in [6, 6.07) is 11.4. The van der Waals surface area contributed by atoms with Crippen LogP contribution in [0.5, 0.6) is 0 Å². The van der Waals surface area contributed by atoms with E-state index in [9.17, 15) is 4.79 Å². The van der Waals surface area contributed by atoms with Gasteiger partial charge in [0.15, 0.2) is 5.13 Å². The second kappa shape index (κ2) is 6.01. The summed E-state index contributed by atoms with van der Waals surface area (Å²) in [7, 11) is 0. The zero-order valence-electron chi connectivity index (χ0n) is 12.4. The van der Waals surface area contributed by atoms with Crippen molar-refractivity contribution < 1.29 is 4.79 Å². The van der Waals surface area contributed by atoms with Crippen molar-refractivity contribution in [1.82, 2.24) is 4.98 Å². The quantitative estimate of drug-likeness (QED) is 0.429. The van der Waals surface area contributed by atoms with Crippen LogP contribution in [0.25, 0.3) is 20.3 Å². The molecule has 0 radical (unpaired) electrons. The number of benzene rings is 2. The van der Waals surface area contributed by atoms with Gasteiger partial charge in [-0.2, -0.15) is 0 Å². The van der Waals surface area contributed by atoms with E-state index in [1.165, 1.54) is 22.7 Å². The lowest BCUT2D eigenvalue weighted by Gasteiger charge is -1.98. The summed E-state index contributed by atoms with van der Waals surface area (Å²) in [5, 5.41) is 5.35. The molecule has 0 spiro atoms. The number of hydrogen-bond donors (Lipinski definition) is 1. The first-order valence-electron chi connectivity index (χ1n) is 7.08. The average molecular weight is 393 g/mol. The van der Waals surface area contributed by atoms with Crippen molar-refractivity contribution >= 4 is 77.2 Å². The molecule has 0 saturated heterocycles. The first-order chi connectivity index (χ1) is 11.5. The van der Waals surface area contributed by atoms with Gasteiger partial charge in [0.25, 0.3) is 5.91 Å². The Hall–Kier alpha value is -1.66. The highest BCUT2D eigenvalue weighted by Gasteiger charge is 2.19. The van der Waals surface area contributed by atoms with E-state index < -0.39 is 0 Å². The number of hydrogen-bond acceptors (Lipinski definition) is 4. The van der Waals surface area contributed by atoms with Gasteiger partial charge in [0, 0.05) is 10.1 Å². The number of anilines is 1. The van der Waals surface area contributed by atoms with Gasteiger partial charge in [-0.05, 0) is 24.6 Å². The monoisotopic (exact) mass is 392 g/mol. The number of amides is 1. The third kappa shape index (κ3) is 2.58. The molecule has 0 fully saturated rings. The van der Waals surface area contributed by atoms with Crippen LogP contribution in [0.15, 0.2) is 36.4 Å². The largest absolute Gasteiger partial charge is 0.297 e. The Balaban J connectivity index is 1.72. The lowest BCUT2D eigenvalue weighted by molar-refractivity contribution is 0.103. The van der Waals surface area contributed by atoms with E-state index in [0.29, 0.717) is 20.1 Å². The Morgan fingerprint density at radius 3 is 2.67 bits per heavy atom. The van der Waals surface area contributed by atoms with E-state index in [2.05, 4.69) is 10.3 Å². The molecule has 0 unspecified atom stereocenters. The van der Waals surface area contributed by atoms with Gasteiger partial charge in [-0.25, -0.2) is 4.98 Å². The summed E-state index contributed by atoms with van der Waals surface area (Å²) >= 11 is 15.3. The fourth-order valence-corrected chi connectivity index (χ4v) is 5.09. The molecule has 4 aromatic rings. The molecule has 3 nitrogen and oxygen atoms in total. The first kappa shape index (κ1) is 15.8. The Morgan fingerprint density at radius 1 is 1.12 bits per heavy atom. The minimum absolute atomic E-state index is 0.256. The topological polar surface area (TPSA) is 42.0 Å². The number of thiazole rings is 1. The molecular weight excluding hydrogens is 383 g/mol. The molecule has 0 aliphatic carbocycles. The van der Waals surface area contributed by atoms with Crippen molar-refractivity contribution in [3.63, 3.8) is 0 Å². The highest BCUT2D eigenvalue weighted by molar-refractivity contribution is 7.23. The molecule has 1 N–H and O–H groups in total. The Kier molecular flexibility index (Phi) is 3.96. The van der Waals surface area contributed by atoms with Crippen LogP contribution in [0.2, 0.25) is 10.0 Å². The highest BCUT2D eigenvalue weighted by Crippen LogP contribution is 2.37. The Bertz CT molecular complexity index is 1060. The van der Waals surface area contributed by atoms with E-state index in [4.69, 9.17) is 23.2 Å². The minimum Gasteiger partial charge on any atom is -0.297 e. The molecule has 0 aliphatic rings. The van der Waals surface area contributed by atoms with Crippen LogP contribution in [0, 0.1) is 6.92 Å². The van der Waals surface area contributed by atoms with Gasteiger partial charge in [0.1, 0.15) is 4.88 Å². The number of nitrogens with one attached hydrogen (secondary N) is 1. The molecule has 24 heavy (non-hydrogen) atoms. The molecule has 0 saturated carbocycles. The fraction of sp³-hybridized carbons (Fsp3) is 0.0588. The maximum atomic E-state index is 12.6. The summed E-state index contributed by atoms with van der Waals surface area (Å²) in [6.07, 6.45) is 0. The third-order valence-corrected chi connectivity index (χ3v) is 6.76. The summed E-state index contributed by atoms with van der Waals surface area (Å²) in [5.41, 5.74) is 1.83. The van der Waals surface area contributed by atoms with Crippen molar-refractivity contribution in [3.8, 4) is 0 Å². The van der Waals surface area contributed by atoms with Gasteiger partial charge < -0.3 is 0 Å². The predicted octanol–water partition coefficient (Wildman–Crippen LogP) is 6.38. The van der Waals surface area contributed by atoms with Gasteiger partial charge >= 0.3 is 0 Å². The van der Waals surface area contributed by atoms with Crippen LogP contribution < -0.4 is 5.32 Å². The number of aryl methyl sites for hydroxylation is 1. The van der Waals surface area contributed by atoms with Crippen LogP contribution in [0.1, 0.15) is 15.2 Å². The van der Waals surface area contributed by atoms with E-state index >= 15 is 0 Å². The second-order valence-corrected chi connectivity index (χ2v) is 8.09. The summed E-state index contributed by atoms with van der Waals surface area (Å²) in [5.74, 6) is -0.256. The normalized spacial score (nSPS) is 11.3. The van der Waals surface area contributed by atoms with E-state index in [-0.39, 0.29) is 5.91 Å². The zero-order valence-corrected chi connectivity index (χ0v) is 15.5. The maximum absolute atomic E-state index is 12.6. The SMILES string of the molecule is Cc1ccc(Cl)c2sc(NC(=O)c3sc4ccccc4c3Cl)nc12. The second-order valence-electron chi connectivity index (χ2n) is 5.26. The number of thiophene rings is 1. The maximum Gasteiger partial charge on any atom is 0.269 e. The lowest BCUT2D eigenvalue weighted by Crippen LogP contribution is -2.10. The Labute approximate surface area is 155 Å². The van der Waals surface area contributed by atoms with Crippen LogP contribution in [-0.4, -0.2) is 10.9 Å². The number of rotatable bonds is 2. The minimum atomic E-state index is -0.256. The fourth-order valence-electron chi connectivity index (χ4n) is 2.47. The summed E-state index contributed by atoms with van der Waals surface area (Å²) in [6.45, 7) is 1.97. The molecule has 7 heteroatoms. The molecule has 4 rings (SSSR count). The van der Waals surface area contributed by atoms with Gasteiger partial charge in [-0.1, -0.05) is 58.8 Å². The third-order valence-electron chi connectivity index (χ3n) is 3.66. The molecule has 2 aromatic carbocycles. The first-order valence-corrected chi connectivity index (χ1v) is 9.47. The highest BCUT2D eigenvalue weighted by atomic mass is 35.5.